The summed E-state index contributed by atoms with van der Waals surface area (Å²) in [5, 5.41) is 17.4. The molecule has 8 nitrogen and oxygen atoms in total. The number of carbonyl (C=O) groups excluding carboxylic acids is 1. The largest absolute Gasteiger partial charge is 0.481 e. The standard InChI is InChI=1S/C16H15FN4O4/c1-18-13-7-6-11(8-14(13)21(23)24)9-19-20-16(22)10-25-15-5-3-2-4-12(15)17/h2-9,18H,10H2,1H3,(H,20,22)/b19-9+. The van der Waals surface area contributed by atoms with Crippen LogP contribution in [0.5, 0.6) is 5.75 Å². The van der Waals surface area contributed by atoms with Gasteiger partial charge in [0.25, 0.3) is 11.6 Å². The Hall–Kier alpha value is -3.49. The number of halogens is 1. The van der Waals surface area contributed by atoms with E-state index >= 15 is 0 Å². The zero-order valence-electron chi connectivity index (χ0n) is 13.2. The number of amides is 1. The monoisotopic (exact) mass is 346 g/mol. The molecule has 0 bridgehead atoms. The minimum atomic E-state index is -0.596. The fraction of sp³-hybridized carbons (Fsp3) is 0.125. The van der Waals surface area contributed by atoms with Gasteiger partial charge >= 0.3 is 0 Å². The second kappa shape index (κ2) is 8.39. The maximum absolute atomic E-state index is 13.3. The normalized spacial score (nSPS) is 10.5. The van der Waals surface area contributed by atoms with Gasteiger partial charge in [0.2, 0.25) is 0 Å². The van der Waals surface area contributed by atoms with Gasteiger partial charge in [0.15, 0.2) is 18.2 Å². The lowest BCUT2D eigenvalue weighted by Gasteiger charge is -2.05. The molecular formula is C16H15FN4O4. The van der Waals surface area contributed by atoms with Crippen LogP contribution in [0.2, 0.25) is 0 Å². The number of para-hydroxylation sites is 1. The first-order valence-electron chi connectivity index (χ1n) is 7.16. The van der Waals surface area contributed by atoms with E-state index in [9.17, 15) is 19.3 Å². The number of rotatable bonds is 7. The molecule has 130 valence electrons. The summed E-state index contributed by atoms with van der Waals surface area (Å²) in [6, 6.07) is 10.1. The Morgan fingerprint density at radius 1 is 1.36 bits per heavy atom. The number of nitrogens with zero attached hydrogens (tertiary/aromatic N) is 2. The first-order chi connectivity index (χ1) is 12.0. The van der Waals surface area contributed by atoms with Crippen molar-refractivity contribution in [3.8, 4) is 5.75 Å². The van der Waals surface area contributed by atoms with Crippen molar-refractivity contribution < 1.29 is 18.8 Å². The maximum atomic E-state index is 13.3. The summed E-state index contributed by atoms with van der Waals surface area (Å²) in [6.07, 6.45) is 1.26. The number of carbonyl (C=O) groups is 1. The third-order valence-corrected chi connectivity index (χ3v) is 3.09. The molecular weight excluding hydrogens is 331 g/mol. The quantitative estimate of drug-likeness (QED) is 0.455. The van der Waals surface area contributed by atoms with Crippen molar-refractivity contribution in [2.24, 2.45) is 5.10 Å². The first kappa shape index (κ1) is 17.9. The average Bonchev–Trinajstić information content (AvgIpc) is 2.61. The first-order valence-corrected chi connectivity index (χ1v) is 7.16. The molecule has 9 heteroatoms. The SMILES string of the molecule is CNc1ccc(/C=N/NC(=O)COc2ccccc2F)cc1[N+](=O)[O-]. The van der Waals surface area contributed by atoms with Crippen LogP contribution in [-0.4, -0.2) is 30.7 Å². The number of ether oxygens (including phenoxy) is 1. The molecule has 0 aliphatic heterocycles. The molecule has 0 aromatic heterocycles. The lowest BCUT2D eigenvalue weighted by molar-refractivity contribution is -0.383. The van der Waals surface area contributed by atoms with Crippen LogP contribution in [0.1, 0.15) is 5.56 Å². The van der Waals surface area contributed by atoms with E-state index in [4.69, 9.17) is 4.74 Å². The van der Waals surface area contributed by atoms with E-state index in [1.807, 2.05) is 0 Å². The van der Waals surface area contributed by atoms with Gasteiger partial charge in [0.05, 0.1) is 11.1 Å². The Labute approximate surface area is 142 Å². The number of hydrogen-bond acceptors (Lipinski definition) is 6. The Kier molecular flexibility index (Phi) is 5.99. The zero-order valence-corrected chi connectivity index (χ0v) is 13.2. The molecule has 2 aromatic carbocycles. The van der Waals surface area contributed by atoms with Gasteiger partial charge in [0.1, 0.15) is 5.69 Å². The highest BCUT2D eigenvalue weighted by molar-refractivity contribution is 5.85. The van der Waals surface area contributed by atoms with E-state index in [0.717, 1.165) is 0 Å². The molecule has 0 spiro atoms. The van der Waals surface area contributed by atoms with Crippen LogP contribution in [0.3, 0.4) is 0 Å². The van der Waals surface area contributed by atoms with Crippen LogP contribution in [0.15, 0.2) is 47.6 Å². The van der Waals surface area contributed by atoms with E-state index in [1.165, 1.54) is 36.5 Å². The Morgan fingerprint density at radius 2 is 2.12 bits per heavy atom. The highest BCUT2D eigenvalue weighted by atomic mass is 19.1. The number of hydrogen-bond donors (Lipinski definition) is 2. The molecule has 2 rings (SSSR count). The van der Waals surface area contributed by atoms with Crippen LogP contribution in [0, 0.1) is 15.9 Å². The Bertz CT molecular complexity index is 810. The van der Waals surface area contributed by atoms with Gasteiger partial charge in [-0.1, -0.05) is 18.2 Å². The number of anilines is 1. The predicted octanol–water partition coefficient (Wildman–Crippen LogP) is 2.30. The van der Waals surface area contributed by atoms with Crippen molar-refractivity contribution in [3.63, 3.8) is 0 Å². The van der Waals surface area contributed by atoms with E-state index in [2.05, 4.69) is 15.8 Å². The van der Waals surface area contributed by atoms with Gasteiger partial charge in [-0.2, -0.15) is 5.10 Å². The average molecular weight is 346 g/mol. The minimum absolute atomic E-state index is 0.0418. The molecule has 0 saturated carbocycles. The van der Waals surface area contributed by atoms with Crippen molar-refractivity contribution >= 4 is 23.5 Å². The summed E-state index contributed by atoms with van der Waals surface area (Å²) in [5.74, 6) is -1.21. The summed E-state index contributed by atoms with van der Waals surface area (Å²) in [7, 11) is 1.58. The topological polar surface area (TPSA) is 106 Å². The Balaban J connectivity index is 1.92. The number of nitro groups is 1. The molecule has 0 aliphatic carbocycles. The fourth-order valence-corrected chi connectivity index (χ4v) is 1.91. The smallest absolute Gasteiger partial charge is 0.292 e. The van der Waals surface area contributed by atoms with Crippen molar-refractivity contribution in [2.45, 2.75) is 0 Å². The maximum Gasteiger partial charge on any atom is 0.292 e. The zero-order chi connectivity index (χ0) is 18.2. The molecule has 0 aliphatic rings. The molecule has 25 heavy (non-hydrogen) atoms. The second-order valence-electron chi connectivity index (χ2n) is 4.80. The van der Waals surface area contributed by atoms with Gasteiger partial charge in [-0.15, -0.1) is 0 Å². The van der Waals surface area contributed by atoms with Crippen LogP contribution in [0.4, 0.5) is 15.8 Å². The summed E-state index contributed by atoms with van der Waals surface area (Å²) >= 11 is 0. The number of hydrazone groups is 1. The van der Waals surface area contributed by atoms with Crippen molar-refractivity contribution in [2.75, 3.05) is 19.0 Å². The number of nitrogens with one attached hydrogen (secondary N) is 2. The van der Waals surface area contributed by atoms with E-state index in [0.29, 0.717) is 11.3 Å². The summed E-state index contributed by atoms with van der Waals surface area (Å²) in [6.45, 7) is -0.420. The summed E-state index contributed by atoms with van der Waals surface area (Å²) < 4.78 is 18.4. The van der Waals surface area contributed by atoms with Crippen LogP contribution in [0.25, 0.3) is 0 Å². The van der Waals surface area contributed by atoms with Gasteiger partial charge < -0.3 is 10.1 Å². The van der Waals surface area contributed by atoms with Crippen LogP contribution < -0.4 is 15.5 Å². The highest BCUT2D eigenvalue weighted by Crippen LogP contribution is 2.24. The summed E-state index contributed by atoms with van der Waals surface area (Å²) in [4.78, 5) is 22.0. The molecule has 0 atom stereocenters. The van der Waals surface area contributed by atoms with E-state index < -0.39 is 23.3 Å². The molecule has 2 N–H and O–H groups in total. The molecule has 1 amide bonds. The van der Waals surface area contributed by atoms with Gasteiger partial charge in [0, 0.05) is 18.7 Å². The second-order valence-corrected chi connectivity index (χ2v) is 4.80. The lowest BCUT2D eigenvalue weighted by atomic mass is 10.2. The fourth-order valence-electron chi connectivity index (χ4n) is 1.91. The Morgan fingerprint density at radius 3 is 2.80 bits per heavy atom. The van der Waals surface area contributed by atoms with Crippen LogP contribution >= 0.6 is 0 Å². The van der Waals surface area contributed by atoms with E-state index in [1.54, 1.807) is 19.2 Å². The molecule has 0 heterocycles. The molecule has 2 aromatic rings. The highest BCUT2D eigenvalue weighted by Gasteiger charge is 2.12. The summed E-state index contributed by atoms with van der Waals surface area (Å²) in [5.41, 5.74) is 2.88. The van der Waals surface area contributed by atoms with Gasteiger partial charge in [-0.05, 0) is 18.2 Å². The number of nitro benzene ring substituents is 1. The third kappa shape index (κ3) is 4.99. The van der Waals surface area contributed by atoms with Gasteiger partial charge in [-0.3, -0.25) is 14.9 Å². The predicted molar refractivity (Wildman–Crippen MR) is 90.3 cm³/mol. The lowest BCUT2D eigenvalue weighted by Crippen LogP contribution is -2.24. The molecule has 0 saturated heterocycles. The molecule has 0 radical (unpaired) electrons. The van der Waals surface area contributed by atoms with Gasteiger partial charge in [-0.25, -0.2) is 9.82 Å². The molecule has 0 unspecified atom stereocenters. The van der Waals surface area contributed by atoms with Crippen molar-refractivity contribution in [1.29, 1.82) is 0 Å². The van der Waals surface area contributed by atoms with Crippen molar-refractivity contribution in [3.05, 3.63) is 64.0 Å². The third-order valence-electron chi connectivity index (χ3n) is 3.09. The van der Waals surface area contributed by atoms with Crippen LogP contribution in [-0.2, 0) is 4.79 Å². The van der Waals surface area contributed by atoms with Crippen molar-refractivity contribution in [1.82, 2.24) is 5.43 Å². The minimum Gasteiger partial charge on any atom is -0.481 e. The molecule has 0 fully saturated rings. The number of benzene rings is 2. The van der Waals surface area contributed by atoms with E-state index in [-0.39, 0.29) is 11.4 Å².